The van der Waals surface area contributed by atoms with Crippen LogP contribution in [0, 0.1) is 0 Å². The van der Waals surface area contributed by atoms with Crippen molar-refractivity contribution in [1.82, 2.24) is 0 Å². The zero-order valence-corrected chi connectivity index (χ0v) is 17.0. The van der Waals surface area contributed by atoms with Gasteiger partial charge in [0.25, 0.3) is 3.03 Å². The minimum Gasteiger partial charge on any atom is -0.227 e. The van der Waals surface area contributed by atoms with E-state index in [4.69, 9.17) is 0 Å². The maximum atomic E-state index is 12.3. The van der Waals surface area contributed by atoms with Gasteiger partial charge in [0.2, 0.25) is 0 Å². The Kier molecular flexibility index (Phi) is 6.31. The number of rotatable bonds is 8. The van der Waals surface area contributed by atoms with Gasteiger partial charge in [0.05, 0.1) is 0 Å². The second kappa shape index (κ2) is 6.29. The van der Waals surface area contributed by atoms with Crippen LogP contribution in [0.3, 0.4) is 0 Å². The lowest BCUT2D eigenvalue weighted by atomic mass is 10.3. The van der Waals surface area contributed by atoms with E-state index in [1.54, 1.807) is 0 Å². The van der Waals surface area contributed by atoms with Gasteiger partial charge >= 0.3 is 0 Å². The topological polar surface area (TPSA) is 102 Å². The molecular formula is C11H26O6S3Si. The molecular weight excluding hydrogens is 352 g/mol. The van der Waals surface area contributed by atoms with Crippen LogP contribution in [0.25, 0.3) is 0 Å². The first-order chi connectivity index (χ1) is 9.06. The molecule has 21 heavy (non-hydrogen) atoms. The van der Waals surface area contributed by atoms with Gasteiger partial charge in [-0.05, 0) is 0 Å². The van der Waals surface area contributed by atoms with E-state index in [0.29, 0.717) is 31.2 Å². The predicted molar refractivity (Wildman–Crippen MR) is 89.1 cm³/mol. The zero-order valence-electron chi connectivity index (χ0n) is 13.5. The van der Waals surface area contributed by atoms with E-state index in [1.165, 1.54) is 13.1 Å². The molecule has 0 unspecified atom stereocenters. The molecule has 0 bridgehead atoms. The van der Waals surface area contributed by atoms with Gasteiger partial charge in [-0.15, -0.1) is 0 Å². The van der Waals surface area contributed by atoms with E-state index in [2.05, 4.69) is 0 Å². The highest BCUT2D eigenvalue weighted by molar-refractivity contribution is 8.28. The third-order valence-electron chi connectivity index (χ3n) is 3.70. The van der Waals surface area contributed by atoms with E-state index in [1.807, 2.05) is 6.92 Å². The summed E-state index contributed by atoms with van der Waals surface area (Å²) in [5.74, 6) is 0. The van der Waals surface area contributed by atoms with Crippen LogP contribution in [0.1, 0.15) is 26.2 Å². The molecule has 0 aliphatic heterocycles. The third kappa shape index (κ3) is 3.70. The van der Waals surface area contributed by atoms with E-state index < -0.39 is 40.6 Å². The van der Waals surface area contributed by atoms with Crippen molar-refractivity contribution in [2.45, 2.75) is 48.4 Å². The van der Waals surface area contributed by atoms with Crippen LogP contribution < -0.4 is 0 Å². The Morgan fingerprint density at radius 1 is 0.762 bits per heavy atom. The fourth-order valence-electron chi connectivity index (χ4n) is 3.30. The van der Waals surface area contributed by atoms with E-state index in [0.717, 1.165) is 12.8 Å². The summed E-state index contributed by atoms with van der Waals surface area (Å²) in [7, 11) is -16.2. The Morgan fingerprint density at radius 3 is 1.33 bits per heavy atom. The average Bonchev–Trinajstić information content (AvgIpc) is 2.09. The second-order valence-corrected chi connectivity index (χ2v) is 19.6. The molecule has 0 aromatic rings. The Hall–Kier alpha value is 0.0669. The maximum Gasteiger partial charge on any atom is 0.256 e. The largest absolute Gasteiger partial charge is 0.256 e. The van der Waals surface area contributed by atoms with Gasteiger partial charge in [-0.1, -0.05) is 45.3 Å². The SMILES string of the molecule is CCCCC[Si](C)(C)C(S(C)(=O)=O)(S(C)(=O)=O)S(C)(=O)=O. The molecule has 0 saturated carbocycles. The Morgan fingerprint density at radius 2 is 1.10 bits per heavy atom. The number of hydrogen-bond donors (Lipinski definition) is 0. The van der Waals surface area contributed by atoms with E-state index in [9.17, 15) is 25.3 Å². The molecule has 0 aromatic heterocycles. The summed E-state index contributed by atoms with van der Waals surface area (Å²) in [5.41, 5.74) is 0. The summed E-state index contributed by atoms with van der Waals surface area (Å²) in [4.78, 5) is 0. The Labute approximate surface area is 130 Å². The van der Waals surface area contributed by atoms with Crippen LogP contribution in [0.4, 0.5) is 0 Å². The average molecular weight is 379 g/mol. The normalized spacial score (nSPS) is 15.1. The smallest absolute Gasteiger partial charge is 0.227 e. The van der Waals surface area contributed by atoms with E-state index in [-0.39, 0.29) is 0 Å². The van der Waals surface area contributed by atoms with Gasteiger partial charge in [0.1, 0.15) is 8.07 Å². The molecule has 0 heterocycles. The van der Waals surface area contributed by atoms with Crippen molar-refractivity contribution in [3.8, 4) is 0 Å². The first-order valence-corrected chi connectivity index (χ1v) is 15.5. The summed E-state index contributed by atoms with van der Waals surface area (Å²) in [6.45, 7) is 5.03. The van der Waals surface area contributed by atoms with Crippen LogP contribution in [0.15, 0.2) is 0 Å². The van der Waals surface area contributed by atoms with Crippen molar-refractivity contribution in [1.29, 1.82) is 0 Å². The lowest BCUT2D eigenvalue weighted by molar-refractivity contribution is 0.572. The van der Waals surface area contributed by atoms with Crippen molar-refractivity contribution in [3.05, 3.63) is 0 Å². The molecule has 0 amide bonds. The molecule has 0 fully saturated rings. The van der Waals surface area contributed by atoms with Crippen molar-refractivity contribution < 1.29 is 25.3 Å². The zero-order chi connectivity index (χ0) is 17.3. The number of hydrogen-bond acceptors (Lipinski definition) is 6. The molecule has 0 aromatic carbocycles. The van der Waals surface area contributed by atoms with Gasteiger partial charge in [-0.3, -0.25) is 0 Å². The van der Waals surface area contributed by atoms with Crippen LogP contribution in [-0.2, 0) is 29.5 Å². The van der Waals surface area contributed by atoms with E-state index >= 15 is 0 Å². The molecule has 128 valence electrons. The van der Waals surface area contributed by atoms with Crippen LogP contribution >= 0.6 is 0 Å². The number of sulfone groups is 3. The Balaban J connectivity index is 6.60. The maximum absolute atomic E-state index is 12.3. The highest BCUT2D eigenvalue weighted by atomic mass is 32.3. The standard InChI is InChI=1S/C11H26O6S3Si/c1-7-8-9-10-21(5,6)11(18(2,12)13,19(3,14)15)20(4,16)17/h7-10H2,1-6H3. The molecule has 0 radical (unpaired) electrons. The fourth-order valence-corrected chi connectivity index (χ4v) is 24.3. The molecule has 0 aliphatic carbocycles. The van der Waals surface area contributed by atoms with Crippen molar-refractivity contribution in [2.24, 2.45) is 0 Å². The number of unbranched alkanes of at least 4 members (excludes halogenated alkanes) is 2. The molecule has 0 spiro atoms. The monoisotopic (exact) mass is 378 g/mol. The van der Waals surface area contributed by atoms with Crippen LogP contribution in [0.5, 0.6) is 0 Å². The van der Waals surface area contributed by atoms with Gasteiger partial charge < -0.3 is 0 Å². The second-order valence-electron chi connectivity index (χ2n) is 6.21. The fraction of sp³-hybridized carbons (Fsp3) is 1.00. The first kappa shape index (κ1) is 21.1. The van der Waals surface area contributed by atoms with Crippen molar-refractivity contribution in [2.75, 3.05) is 18.8 Å². The van der Waals surface area contributed by atoms with Gasteiger partial charge in [0, 0.05) is 18.8 Å². The van der Waals surface area contributed by atoms with Crippen LogP contribution in [-0.4, -0.2) is 55.1 Å². The summed E-state index contributed by atoms with van der Waals surface area (Å²) < 4.78 is 71.1. The lowest BCUT2D eigenvalue weighted by Crippen LogP contribution is -2.67. The molecule has 10 heteroatoms. The molecule has 0 rings (SSSR count). The highest BCUT2D eigenvalue weighted by Crippen LogP contribution is 2.42. The molecule has 0 N–H and O–H groups in total. The third-order valence-corrected chi connectivity index (χ3v) is 23.6. The quantitative estimate of drug-likeness (QED) is 0.465. The van der Waals surface area contributed by atoms with Crippen molar-refractivity contribution >= 4 is 37.6 Å². The molecule has 0 saturated heterocycles. The Bertz CT molecular complexity index is 595. The van der Waals surface area contributed by atoms with Gasteiger partial charge in [-0.2, -0.15) is 0 Å². The van der Waals surface area contributed by atoms with Gasteiger partial charge in [0.15, 0.2) is 29.5 Å². The molecule has 0 aliphatic rings. The first-order valence-electron chi connectivity index (χ1n) is 6.65. The van der Waals surface area contributed by atoms with Crippen molar-refractivity contribution in [3.63, 3.8) is 0 Å². The molecule has 0 atom stereocenters. The predicted octanol–water partition coefficient (Wildman–Crippen LogP) is 1.21. The minimum atomic E-state index is -4.35. The van der Waals surface area contributed by atoms with Gasteiger partial charge in [-0.25, -0.2) is 25.3 Å². The lowest BCUT2D eigenvalue weighted by Gasteiger charge is -2.40. The summed E-state index contributed by atoms with van der Waals surface area (Å²) in [6, 6.07) is 0.327. The molecule has 6 nitrogen and oxygen atoms in total. The van der Waals surface area contributed by atoms with Crippen LogP contribution in [0.2, 0.25) is 19.1 Å². The minimum absolute atomic E-state index is 0.327. The summed E-state index contributed by atoms with van der Waals surface area (Å²) in [5, 5.41) is 0. The highest BCUT2D eigenvalue weighted by Gasteiger charge is 2.68. The summed E-state index contributed by atoms with van der Waals surface area (Å²) in [6.07, 6.45) is 4.45. The summed E-state index contributed by atoms with van der Waals surface area (Å²) >= 11 is 0.